The van der Waals surface area contributed by atoms with E-state index in [0.29, 0.717) is 0 Å². The lowest BCUT2D eigenvalue weighted by atomic mass is 10.2. The van der Waals surface area contributed by atoms with Crippen molar-refractivity contribution in [3.05, 3.63) is 16.4 Å². The number of nitrogens with two attached hydrogens (primary N) is 1. The van der Waals surface area contributed by atoms with Crippen LogP contribution in [0.1, 0.15) is 12.6 Å². The van der Waals surface area contributed by atoms with Gasteiger partial charge in [-0.3, -0.25) is 4.68 Å². The highest BCUT2D eigenvalue weighted by molar-refractivity contribution is 9.10. The van der Waals surface area contributed by atoms with Crippen LogP contribution in [0.25, 0.3) is 0 Å². The van der Waals surface area contributed by atoms with E-state index in [1.54, 1.807) is 4.68 Å². The van der Waals surface area contributed by atoms with Crippen LogP contribution in [0, 0.1) is 0 Å². The lowest BCUT2D eigenvalue weighted by molar-refractivity contribution is 0.681. The Bertz CT molecular complexity index is 222. The van der Waals surface area contributed by atoms with Gasteiger partial charge in [0.2, 0.25) is 0 Å². The third-order valence-corrected chi connectivity index (χ3v) is 2.15. The van der Waals surface area contributed by atoms with Crippen LogP contribution >= 0.6 is 15.9 Å². The van der Waals surface area contributed by atoms with E-state index in [1.165, 1.54) is 0 Å². The molecule has 0 aliphatic carbocycles. The van der Waals surface area contributed by atoms with Crippen molar-refractivity contribution in [2.24, 2.45) is 12.8 Å². The first kappa shape index (κ1) is 8.74. The summed E-state index contributed by atoms with van der Waals surface area (Å²) in [7, 11) is 1.90. The Morgan fingerprint density at radius 1 is 1.82 bits per heavy atom. The first-order valence-electron chi connectivity index (χ1n) is 3.53. The normalized spacial score (nSPS) is 13.5. The minimum Gasteiger partial charge on any atom is -0.328 e. The van der Waals surface area contributed by atoms with Crippen molar-refractivity contribution >= 4 is 15.9 Å². The van der Waals surface area contributed by atoms with Crippen LogP contribution in [-0.4, -0.2) is 15.8 Å². The second-order valence-corrected chi connectivity index (χ2v) is 3.58. The molecule has 1 aromatic rings. The van der Waals surface area contributed by atoms with Crippen LogP contribution in [0.15, 0.2) is 10.7 Å². The quantitative estimate of drug-likeness (QED) is 0.806. The molecule has 11 heavy (non-hydrogen) atoms. The number of aromatic nitrogens is 2. The van der Waals surface area contributed by atoms with Gasteiger partial charge in [-0.15, -0.1) is 0 Å². The highest BCUT2D eigenvalue weighted by atomic mass is 79.9. The standard InChI is InChI=1S/C7H12BrN3/c1-5(9)3-6-4-7(8)11(2)10-6/h4-5H,3,9H2,1-2H3. The molecule has 1 heterocycles. The first-order valence-corrected chi connectivity index (χ1v) is 4.33. The van der Waals surface area contributed by atoms with Gasteiger partial charge in [0.25, 0.3) is 0 Å². The van der Waals surface area contributed by atoms with Gasteiger partial charge in [-0.2, -0.15) is 5.10 Å². The lowest BCUT2D eigenvalue weighted by Gasteiger charge is -1.98. The summed E-state index contributed by atoms with van der Waals surface area (Å²) in [4.78, 5) is 0. The zero-order valence-corrected chi connectivity index (χ0v) is 8.30. The maximum atomic E-state index is 5.62. The van der Waals surface area contributed by atoms with Gasteiger partial charge in [-0.05, 0) is 28.9 Å². The molecule has 2 N–H and O–H groups in total. The number of halogens is 1. The Labute approximate surface area is 74.7 Å². The second-order valence-electron chi connectivity index (χ2n) is 2.76. The molecule has 0 saturated carbocycles. The van der Waals surface area contributed by atoms with Crippen LogP contribution in [0.5, 0.6) is 0 Å². The predicted molar refractivity (Wildman–Crippen MR) is 48.3 cm³/mol. The number of nitrogens with zero attached hydrogens (tertiary/aromatic N) is 2. The molecule has 0 radical (unpaired) electrons. The summed E-state index contributed by atoms with van der Waals surface area (Å²) in [6.07, 6.45) is 0.833. The largest absolute Gasteiger partial charge is 0.328 e. The SMILES string of the molecule is CC(N)Cc1cc(Br)n(C)n1. The molecule has 3 nitrogen and oxygen atoms in total. The molecule has 0 bridgehead atoms. The van der Waals surface area contributed by atoms with Gasteiger partial charge >= 0.3 is 0 Å². The van der Waals surface area contributed by atoms with E-state index in [-0.39, 0.29) is 6.04 Å². The molecular formula is C7H12BrN3. The fraction of sp³-hybridized carbons (Fsp3) is 0.571. The summed E-state index contributed by atoms with van der Waals surface area (Å²) in [6, 6.07) is 2.17. The molecule has 1 atom stereocenters. The van der Waals surface area contributed by atoms with Gasteiger partial charge < -0.3 is 5.73 Å². The number of aryl methyl sites for hydroxylation is 1. The third-order valence-electron chi connectivity index (χ3n) is 1.40. The van der Waals surface area contributed by atoms with E-state index < -0.39 is 0 Å². The smallest absolute Gasteiger partial charge is 0.104 e. The lowest BCUT2D eigenvalue weighted by Crippen LogP contribution is -2.18. The number of hydrogen-bond acceptors (Lipinski definition) is 2. The monoisotopic (exact) mass is 217 g/mol. The van der Waals surface area contributed by atoms with Crippen LogP contribution in [0.3, 0.4) is 0 Å². The summed E-state index contributed by atoms with van der Waals surface area (Å²) in [6.45, 7) is 1.97. The molecule has 1 rings (SSSR count). The highest BCUT2D eigenvalue weighted by Crippen LogP contribution is 2.10. The summed E-state index contributed by atoms with van der Waals surface area (Å²) in [5.74, 6) is 0. The van der Waals surface area contributed by atoms with E-state index in [9.17, 15) is 0 Å². The van der Waals surface area contributed by atoms with Crippen LogP contribution < -0.4 is 5.73 Å². The van der Waals surface area contributed by atoms with Gasteiger partial charge in [0, 0.05) is 19.5 Å². The van der Waals surface area contributed by atoms with Crippen molar-refractivity contribution in [1.29, 1.82) is 0 Å². The van der Waals surface area contributed by atoms with Gasteiger partial charge in [0.1, 0.15) is 4.60 Å². The Morgan fingerprint density at radius 3 is 2.82 bits per heavy atom. The molecule has 0 fully saturated rings. The number of rotatable bonds is 2. The summed E-state index contributed by atoms with van der Waals surface area (Å²) < 4.78 is 2.78. The average Bonchev–Trinajstić information content (AvgIpc) is 2.10. The Balaban J connectivity index is 2.73. The number of hydrogen-bond donors (Lipinski definition) is 1. The molecule has 0 saturated heterocycles. The molecule has 1 aromatic heterocycles. The molecule has 1 unspecified atom stereocenters. The predicted octanol–water partition coefficient (Wildman–Crippen LogP) is 1.07. The van der Waals surface area contributed by atoms with E-state index in [4.69, 9.17) is 5.73 Å². The Hall–Kier alpha value is -0.350. The Morgan fingerprint density at radius 2 is 2.45 bits per heavy atom. The maximum absolute atomic E-state index is 5.62. The average molecular weight is 218 g/mol. The molecule has 0 spiro atoms. The second kappa shape index (κ2) is 3.36. The molecule has 0 aromatic carbocycles. The first-order chi connectivity index (χ1) is 5.09. The Kier molecular flexibility index (Phi) is 2.67. The topological polar surface area (TPSA) is 43.8 Å². The minimum absolute atomic E-state index is 0.178. The zero-order chi connectivity index (χ0) is 8.43. The van der Waals surface area contributed by atoms with Gasteiger partial charge in [-0.25, -0.2) is 0 Å². The van der Waals surface area contributed by atoms with Crippen molar-refractivity contribution in [2.45, 2.75) is 19.4 Å². The van der Waals surface area contributed by atoms with Crippen molar-refractivity contribution in [1.82, 2.24) is 9.78 Å². The van der Waals surface area contributed by atoms with Crippen molar-refractivity contribution in [2.75, 3.05) is 0 Å². The molecule has 0 amide bonds. The van der Waals surface area contributed by atoms with E-state index >= 15 is 0 Å². The van der Waals surface area contributed by atoms with Crippen LogP contribution in [-0.2, 0) is 13.5 Å². The van der Waals surface area contributed by atoms with Gasteiger partial charge in [-0.1, -0.05) is 0 Å². The minimum atomic E-state index is 0.178. The summed E-state index contributed by atoms with van der Waals surface area (Å²) in [5.41, 5.74) is 6.66. The van der Waals surface area contributed by atoms with E-state index in [0.717, 1.165) is 16.7 Å². The van der Waals surface area contributed by atoms with Crippen LogP contribution in [0.4, 0.5) is 0 Å². The van der Waals surface area contributed by atoms with Crippen LogP contribution in [0.2, 0.25) is 0 Å². The molecule has 4 heteroatoms. The fourth-order valence-electron chi connectivity index (χ4n) is 0.930. The third kappa shape index (κ3) is 2.31. The van der Waals surface area contributed by atoms with Gasteiger partial charge in [0.15, 0.2) is 0 Å². The van der Waals surface area contributed by atoms with Crippen molar-refractivity contribution in [3.8, 4) is 0 Å². The molecule has 0 aliphatic rings. The summed E-state index contributed by atoms with van der Waals surface area (Å²) in [5, 5.41) is 4.24. The molecule has 62 valence electrons. The van der Waals surface area contributed by atoms with Crippen molar-refractivity contribution < 1.29 is 0 Å². The molecular weight excluding hydrogens is 206 g/mol. The zero-order valence-electron chi connectivity index (χ0n) is 6.71. The van der Waals surface area contributed by atoms with E-state index in [1.807, 2.05) is 20.0 Å². The van der Waals surface area contributed by atoms with Gasteiger partial charge in [0.05, 0.1) is 5.69 Å². The van der Waals surface area contributed by atoms with Crippen molar-refractivity contribution in [3.63, 3.8) is 0 Å². The molecule has 0 aliphatic heterocycles. The summed E-state index contributed by atoms with van der Waals surface area (Å²) >= 11 is 3.37. The fourth-order valence-corrected chi connectivity index (χ4v) is 1.27. The van der Waals surface area contributed by atoms with E-state index in [2.05, 4.69) is 21.0 Å². The highest BCUT2D eigenvalue weighted by Gasteiger charge is 2.03. The maximum Gasteiger partial charge on any atom is 0.104 e.